The SMILES string of the molecule is O=[N+]([O-])C(=Cc1ccc(Cl)o1)Cc1ccccc1. The highest BCUT2D eigenvalue weighted by Gasteiger charge is 2.13. The lowest BCUT2D eigenvalue weighted by Crippen LogP contribution is -2.02. The first kappa shape index (κ1) is 12.4. The molecule has 0 spiro atoms. The van der Waals surface area contributed by atoms with Gasteiger partial charge in [0.1, 0.15) is 5.76 Å². The Bertz CT molecular complexity index is 575. The zero-order chi connectivity index (χ0) is 13.0. The molecule has 0 saturated carbocycles. The van der Waals surface area contributed by atoms with E-state index in [9.17, 15) is 10.1 Å². The second kappa shape index (κ2) is 5.51. The maximum absolute atomic E-state index is 11.0. The molecule has 0 aliphatic rings. The van der Waals surface area contributed by atoms with E-state index in [-0.39, 0.29) is 17.3 Å². The summed E-state index contributed by atoms with van der Waals surface area (Å²) in [7, 11) is 0. The minimum Gasteiger partial charge on any atom is -0.445 e. The fourth-order valence-corrected chi connectivity index (χ4v) is 1.70. The molecule has 1 aromatic heterocycles. The van der Waals surface area contributed by atoms with Crippen LogP contribution < -0.4 is 0 Å². The predicted molar refractivity (Wildman–Crippen MR) is 68.8 cm³/mol. The van der Waals surface area contributed by atoms with E-state index in [0.29, 0.717) is 5.76 Å². The molecule has 0 unspecified atom stereocenters. The number of hydrogen-bond acceptors (Lipinski definition) is 3. The Labute approximate surface area is 109 Å². The van der Waals surface area contributed by atoms with E-state index in [1.54, 1.807) is 12.1 Å². The van der Waals surface area contributed by atoms with Gasteiger partial charge in [0.15, 0.2) is 5.22 Å². The first-order chi connectivity index (χ1) is 8.65. The maximum atomic E-state index is 11.0. The zero-order valence-corrected chi connectivity index (χ0v) is 10.1. The van der Waals surface area contributed by atoms with E-state index in [0.717, 1.165) is 5.56 Å². The number of allylic oxidation sites excluding steroid dienone is 1. The third-order valence-corrected chi connectivity index (χ3v) is 2.57. The minimum absolute atomic E-state index is 0.0622. The standard InChI is InChI=1S/C13H10ClNO3/c14-13-7-6-12(18-13)9-11(15(16)17)8-10-4-2-1-3-5-10/h1-7,9H,8H2. The second-order valence-electron chi connectivity index (χ2n) is 3.70. The Morgan fingerprint density at radius 1 is 1.28 bits per heavy atom. The minimum atomic E-state index is -0.413. The van der Waals surface area contributed by atoms with Crippen LogP contribution in [0.15, 0.2) is 52.6 Å². The van der Waals surface area contributed by atoms with E-state index < -0.39 is 4.92 Å². The van der Waals surface area contributed by atoms with Gasteiger partial charge in [-0.05, 0) is 29.3 Å². The molecule has 0 bridgehead atoms. The van der Waals surface area contributed by atoms with Crippen LogP contribution in [-0.2, 0) is 6.42 Å². The number of hydrogen-bond donors (Lipinski definition) is 0. The largest absolute Gasteiger partial charge is 0.445 e. The molecule has 18 heavy (non-hydrogen) atoms. The lowest BCUT2D eigenvalue weighted by atomic mass is 10.1. The van der Waals surface area contributed by atoms with E-state index in [2.05, 4.69) is 0 Å². The van der Waals surface area contributed by atoms with Crippen LogP contribution in [0.2, 0.25) is 5.22 Å². The number of nitro groups is 1. The van der Waals surface area contributed by atoms with Gasteiger partial charge in [-0.25, -0.2) is 0 Å². The number of halogens is 1. The molecule has 0 atom stereocenters. The van der Waals surface area contributed by atoms with Gasteiger partial charge in [0.25, 0.3) is 5.70 Å². The van der Waals surface area contributed by atoms with Gasteiger partial charge in [0, 0.05) is 0 Å². The van der Waals surface area contributed by atoms with Crippen LogP contribution in [0.3, 0.4) is 0 Å². The van der Waals surface area contributed by atoms with Gasteiger partial charge in [-0.15, -0.1) is 0 Å². The Morgan fingerprint density at radius 3 is 2.56 bits per heavy atom. The van der Waals surface area contributed by atoms with Gasteiger partial charge in [0.05, 0.1) is 17.4 Å². The highest BCUT2D eigenvalue weighted by Crippen LogP contribution is 2.18. The molecule has 0 saturated heterocycles. The fourth-order valence-electron chi connectivity index (χ4n) is 1.54. The molecule has 2 aromatic rings. The normalized spacial score (nSPS) is 11.5. The Morgan fingerprint density at radius 2 is 2.00 bits per heavy atom. The molecule has 0 N–H and O–H groups in total. The fraction of sp³-hybridized carbons (Fsp3) is 0.0769. The summed E-state index contributed by atoms with van der Waals surface area (Å²) in [5.41, 5.74) is 0.935. The molecule has 2 rings (SSSR count). The van der Waals surface area contributed by atoms with Crippen molar-refractivity contribution < 1.29 is 9.34 Å². The van der Waals surface area contributed by atoms with Crippen molar-refractivity contribution in [3.63, 3.8) is 0 Å². The summed E-state index contributed by atoms with van der Waals surface area (Å²) < 4.78 is 5.09. The quantitative estimate of drug-likeness (QED) is 0.623. The summed E-state index contributed by atoms with van der Waals surface area (Å²) >= 11 is 5.62. The van der Waals surface area contributed by atoms with E-state index in [1.165, 1.54) is 6.08 Å². The molecular formula is C13H10ClNO3. The lowest BCUT2D eigenvalue weighted by molar-refractivity contribution is -0.425. The summed E-state index contributed by atoms with van der Waals surface area (Å²) in [5, 5.41) is 11.2. The van der Waals surface area contributed by atoms with Gasteiger partial charge in [0.2, 0.25) is 0 Å². The van der Waals surface area contributed by atoms with Crippen molar-refractivity contribution in [2.75, 3.05) is 0 Å². The lowest BCUT2D eigenvalue weighted by Gasteiger charge is -1.98. The van der Waals surface area contributed by atoms with Crippen molar-refractivity contribution in [2.45, 2.75) is 6.42 Å². The monoisotopic (exact) mass is 263 g/mol. The summed E-state index contributed by atoms with van der Waals surface area (Å²) in [6.07, 6.45) is 1.63. The van der Waals surface area contributed by atoms with Crippen LogP contribution in [-0.4, -0.2) is 4.92 Å². The Hall–Kier alpha value is -2.07. The van der Waals surface area contributed by atoms with Crippen molar-refractivity contribution in [3.8, 4) is 0 Å². The molecule has 0 radical (unpaired) electrons. The molecule has 0 amide bonds. The zero-order valence-electron chi connectivity index (χ0n) is 9.38. The third-order valence-electron chi connectivity index (χ3n) is 2.37. The van der Waals surface area contributed by atoms with Gasteiger partial charge in [-0.2, -0.15) is 0 Å². The first-order valence-corrected chi connectivity index (χ1v) is 5.67. The van der Waals surface area contributed by atoms with Gasteiger partial charge in [-0.1, -0.05) is 30.3 Å². The van der Waals surface area contributed by atoms with Crippen molar-refractivity contribution in [3.05, 3.63) is 74.8 Å². The molecule has 1 heterocycles. The van der Waals surface area contributed by atoms with Gasteiger partial charge in [-0.3, -0.25) is 10.1 Å². The average Bonchev–Trinajstić information content (AvgIpc) is 2.75. The molecule has 92 valence electrons. The number of furan rings is 1. The molecule has 0 fully saturated rings. The van der Waals surface area contributed by atoms with E-state index in [1.807, 2.05) is 30.3 Å². The summed E-state index contributed by atoms with van der Waals surface area (Å²) in [6.45, 7) is 0. The summed E-state index contributed by atoms with van der Waals surface area (Å²) in [5.74, 6) is 0.377. The maximum Gasteiger partial charge on any atom is 0.254 e. The van der Waals surface area contributed by atoms with Crippen LogP contribution in [0.5, 0.6) is 0 Å². The highest BCUT2D eigenvalue weighted by atomic mass is 35.5. The molecular weight excluding hydrogens is 254 g/mol. The number of nitrogens with zero attached hydrogens (tertiary/aromatic N) is 1. The first-order valence-electron chi connectivity index (χ1n) is 5.29. The van der Waals surface area contributed by atoms with E-state index in [4.69, 9.17) is 16.0 Å². The van der Waals surface area contributed by atoms with Crippen LogP contribution in [0.4, 0.5) is 0 Å². The Balaban J connectivity index is 2.24. The van der Waals surface area contributed by atoms with Gasteiger partial charge < -0.3 is 4.42 Å². The van der Waals surface area contributed by atoms with Crippen LogP contribution in [0.25, 0.3) is 6.08 Å². The average molecular weight is 264 g/mol. The smallest absolute Gasteiger partial charge is 0.254 e. The number of benzene rings is 1. The summed E-state index contributed by atoms with van der Waals surface area (Å²) in [4.78, 5) is 10.6. The molecule has 1 aromatic carbocycles. The van der Waals surface area contributed by atoms with Crippen LogP contribution in [0, 0.1) is 10.1 Å². The van der Waals surface area contributed by atoms with Crippen molar-refractivity contribution in [1.82, 2.24) is 0 Å². The van der Waals surface area contributed by atoms with Crippen molar-refractivity contribution in [2.24, 2.45) is 0 Å². The predicted octanol–water partition coefficient (Wildman–Crippen LogP) is 3.79. The molecule has 0 aliphatic carbocycles. The number of rotatable bonds is 4. The molecule has 5 heteroatoms. The highest BCUT2D eigenvalue weighted by molar-refractivity contribution is 6.28. The molecule has 0 aliphatic heterocycles. The third kappa shape index (κ3) is 3.21. The van der Waals surface area contributed by atoms with E-state index >= 15 is 0 Å². The van der Waals surface area contributed by atoms with Gasteiger partial charge >= 0.3 is 0 Å². The van der Waals surface area contributed by atoms with Crippen LogP contribution >= 0.6 is 11.6 Å². The van der Waals surface area contributed by atoms with Crippen molar-refractivity contribution >= 4 is 17.7 Å². The molecule has 4 nitrogen and oxygen atoms in total. The Kier molecular flexibility index (Phi) is 3.79. The van der Waals surface area contributed by atoms with Crippen molar-refractivity contribution in [1.29, 1.82) is 0 Å². The van der Waals surface area contributed by atoms with Crippen LogP contribution in [0.1, 0.15) is 11.3 Å². The second-order valence-corrected chi connectivity index (χ2v) is 4.07. The topological polar surface area (TPSA) is 56.3 Å². The summed E-state index contributed by atoms with van der Waals surface area (Å²) in [6, 6.07) is 12.4.